The molecule has 0 saturated heterocycles. The zero-order chi connectivity index (χ0) is 27.6. The Morgan fingerprint density at radius 2 is 1.64 bits per heavy atom. The zero-order valence-electron chi connectivity index (χ0n) is 25.1. The van der Waals surface area contributed by atoms with Gasteiger partial charge in [-0.05, 0) is 134 Å². The number of benzene rings is 1. The van der Waals surface area contributed by atoms with Gasteiger partial charge in [0.15, 0.2) is 0 Å². The van der Waals surface area contributed by atoms with Crippen molar-refractivity contribution in [3.63, 3.8) is 0 Å². The quantitative estimate of drug-likeness (QED) is 0.334. The average Bonchev–Trinajstić information content (AvgIpc) is 3.33. The Kier molecular flexibility index (Phi) is 6.86. The SMILES string of the molecule is CNCCNC12CCC[C@@H]1C1CCC3C(C)(CCC4C(C)(C)C(c5ccc(C(=O)O)cc5)=CCC43C)C1CC2. The number of hydrogen-bond acceptors (Lipinski definition) is 3. The number of aromatic carboxylic acids is 1. The number of carboxylic acids is 1. The molecule has 39 heavy (non-hydrogen) atoms. The fourth-order valence-corrected chi connectivity index (χ4v) is 11.8. The molecule has 0 amide bonds. The third-order valence-electron chi connectivity index (χ3n) is 13.4. The topological polar surface area (TPSA) is 61.4 Å². The molecular weight excluding hydrogens is 480 g/mol. The van der Waals surface area contributed by atoms with Gasteiger partial charge in [-0.25, -0.2) is 4.79 Å². The molecular formula is C35H52N2O2. The van der Waals surface area contributed by atoms with Gasteiger partial charge in [-0.3, -0.25) is 0 Å². The Balaban J connectivity index is 1.27. The second-order valence-corrected chi connectivity index (χ2v) is 15.2. The fourth-order valence-electron chi connectivity index (χ4n) is 11.8. The lowest BCUT2D eigenvalue weighted by atomic mass is 9.37. The summed E-state index contributed by atoms with van der Waals surface area (Å²) in [6.45, 7) is 12.5. The molecule has 8 atom stereocenters. The second kappa shape index (κ2) is 9.72. The molecule has 6 rings (SSSR count). The second-order valence-electron chi connectivity index (χ2n) is 15.2. The van der Waals surface area contributed by atoms with Crippen LogP contribution in [0.25, 0.3) is 5.57 Å². The van der Waals surface area contributed by atoms with Crippen LogP contribution in [0.15, 0.2) is 30.3 Å². The molecule has 214 valence electrons. The molecule has 5 aliphatic rings. The van der Waals surface area contributed by atoms with Crippen molar-refractivity contribution in [3.8, 4) is 0 Å². The molecule has 3 N–H and O–H groups in total. The minimum atomic E-state index is -0.848. The van der Waals surface area contributed by atoms with E-state index in [2.05, 4.69) is 51.5 Å². The number of allylic oxidation sites excluding steroid dienone is 2. The fraction of sp³-hybridized carbons (Fsp3) is 0.743. The van der Waals surface area contributed by atoms with Crippen molar-refractivity contribution in [1.29, 1.82) is 0 Å². The van der Waals surface area contributed by atoms with E-state index in [0.717, 1.165) is 43.2 Å². The van der Waals surface area contributed by atoms with Crippen LogP contribution in [-0.2, 0) is 0 Å². The van der Waals surface area contributed by atoms with Crippen molar-refractivity contribution in [1.82, 2.24) is 10.6 Å². The van der Waals surface area contributed by atoms with E-state index in [9.17, 15) is 9.90 Å². The first-order valence-corrected chi connectivity index (χ1v) is 16.0. The number of likely N-dealkylation sites (N-methyl/N-ethyl adjacent to an activating group) is 1. The Morgan fingerprint density at radius 1 is 0.872 bits per heavy atom. The van der Waals surface area contributed by atoms with E-state index in [1.54, 1.807) is 12.1 Å². The van der Waals surface area contributed by atoms with E-state index < -0.39 is 5.97 Å². The zero-order valence-corrected chi connectivity index (χ0v) is 25.1. The van der Waals surface area contributed by atoms with Crippen LogP contribution in [0.4, 0.5) is 0 Å². The van der Waals surface area contributed by atoms with Crippen molar-refractivity contribution in [3.05, 3.63) is 41.5 Å². The van der Waals surface area contributed by atoms with Gasteiger partial charge in [0.05, 0.1) is 5.56 Å². The number of nitrogens with one attached hydrogen (secondary N) is 2. The predicted molar refractivity (Wildman–Crippen MR) is 160 cm³/mol. The van der Waals surface area contributed by atoms with Crippen LogP contribution in [0.2, 0.25) is 0 Å². The number of carboxylic acid groups (broad SMARTS) is 1. The Labute approximate surface area is 236 Å². The molecule has 4 fully saturated rings. The molecule has 0 aromatic heterocycles. The van der Waals surface area contributed by atoms with Crippen LogP contribution in [0, 0.1) is 45.8 Å². The van der Waals surface area contributed by atoms with Gasteiger partial charge in [-0.15, -0.1) is 0 Å². The first kappa shape index (κ1) is 27.5. The molecule has 4 saturated carbocycles. The third-order valence-corrected chi connectivity index (χ3v) is 13.4. The largest absolute Gasteiger partial charge is 0.478 e. The highest BCUT2D eigenvalue weighted by atomic mass is 16.4. The Bertz CT molecular complexity index is 1120. The number of carbonyl (C=O) groups is 1. The lowest BCUT2D eigenvalue weighted by Gasteiger charge is -2.68. The highest BCUT2D eigenvalue weighted by Crippen LogP contribution is 2.72. The summed E-state index contributed by atoms with van der Waals surface area (Å²) in [7, 11) is 2.07. The van der Waals surface area contributed by atoms with Gasteiger partial charge in [0.2, 0.25) is 0 Å². The van der Waals surface area contributed by atoms with Crippen LogP contribution < -0.4 is 10.6 Å². The normalized spacial score (nSPS) is 42.5. The molecule has 0 heterocycles. The van der Waals surface area contributed by atoms with Gasteiger partial charge in [-0.2, -0.15) is 0 Å². The molecule has 4 nitrogen and oxygen atoms in total. The number of hydrogen-bond donors (Lipinski definition) is 3. The van der Waals surface area contributed by atoms with E-state index in [4.69, 9.17) is 0 Å². The highest BCUT2D eigenvalue weighted by molar-refractivity contribution is 5.88. The van der Waals surface area contributed by atoms with E-state index in [0.29, 0.717) is 27.9 Å². The summed E-state index contributed by atoms with van der Waals surface area (Å²) in [6, 6.07) is 7.64. The summed E-state index contributed by atoms with van der Waals surface area (Å²) < 4.78 is 0. The van der Waals surface area contributed by atoms with Gasteiger partial charge in [0.25, 0.3) is 0 Å². The molecule has 1 aromatic rings. The van der Waals surface area contributed by atoms with E-state index in [1.165, 1.54) is 68.9 Å². The number of rotatable bonds is 6. The predicted octanol–water partition coefficient (Wildman–Crippen LogP) is 7.40. The summed E-state index contributed by atoms with van der Waals surface area (Å²) in [4.78, 5) is 11.4. The van der Waals surface area contributed by atoms with E-state index in [-0.39, 0.29) is 5.41 Å². The molecule has 4 heteroatoms. The van der Waals surface area contributed by atoms with Crippen LogP contribution in [0.3, 0.4) is 0 Å². The summed E-state index contributed by atoms with van der Waals surface area (Å²) in [5.41, 5.74) is 4.29. The number of fused-ring (bicyclic) bond motifs is 7. The van der Waals surface area contributed by atoms with Crippen molar-refractivity contribution in [2.45, 2.75) is 97.4 Å². The maximum Gasteiger partial charge on any atom is 0.335 e. The molecule has 1 aromatic carbocycles. The van der Waals surface area contributed by atoms with Gasteiger partial charge in [-0.1, -0.05) is 52.3 Å². The van der Waals surface area contributed by atoms with E-state index >= 15 is 0 Å². The standard InChI is InChI=1S/C35H52N2O2/c1-32(2)26(23-8-10-24(11-9-23)31(38)39)14-18-34(4)29(32)16-19-33(3)27-15-20-35(37-22-21-36-5)17-6-7-28(35)25(27)12-13-30(33)34/h8-11,14,25,27-30,36-37H,6-7,12-13,15-22H2,1-5H3,(H,38,39)/t25?,27?,28-,29?,30?,33?,34?,35?/m1/s1. The van der Waals surface area contributed by atoms with Crippen molar-refractivity contribution < 1.29 is 9.90 Å². The van der Waals surface area contributed by atoms with Crippen molar-refractivity contribution in [2.24, 2.45) is 45.8 Å². The van der Waals surface area contributed by atoms with Crippen LogP contribution in [0.5, 0.6) is 0 Å². The van der Waals surface area contributed by atoms with Crippen molar-refractivity contribution in [2.75, 3.05) is 20.1 Å². The van der Waals surface area contributed by atoms with Gasteiger partial charge >= 0.3 is 5.97 Å². The first-order chi connectivity index (χ1) is 18.6. The van der Waals surface area contributed by atoms with Crippen LogP contribution >= 0.6 is 0 Å². The summed E-state index contributed by atoms with van der Waals surface area (Å²) in [5.74, 6) is 3.27. The minimum absolute atomic E-state index is 0.0837. The monoisotopic (exact) mass is 532 g/mol. The Hall–Kier alpha value is -1.65. The van der Waals surface area contributed by atoms with Gasteiger partial charge < -0.3 is 15.7 Å². The molecule has 0 spiro atoms. The smallest absolute Gasteiger partial charge is 0.335 e. The van der Waals surface area contributed by atoms with Gasteiger partial charge in [0.1, 0.15) is 0 Å². The third kappa shape index (κ3) is 4.09. The minimum Gasteiger partial charge on any atom is -0.478 e. The molecule has 0 radical (unpaired) electrons. The van der Waals surface area contributed by atoms with Crippen LogP contribution in [0.1, 0.15) is 108 Å². The maximum absolute atomic E-state index is 11.4. The lowest BCUT2D eigenvalue weighted by Crippen LogP contribution is -2.63. The summed E-state index contributed by atoms with van der Waals surface area (Å²) >= 11 is 0. The van der Waals surface area contributed by atoms with Gasteiger partial charge in [0, 0.05) is 18.6 Å². The molecule has 7 unspecified atom stereocenters. The van der Waals surface area contributed by atoms with E-state index in [1.807, 2.05) is 12.1 Å². The summed E-state index contributed by atoms with van der Waals surface area (Å²) in [5, 5.41) is 16.8. The Morgan fingerprint density at radius 3 is 2.36 bits per heavy atom. The maximum atomic E-state index is 11.4. The molecule has 5 aliphatic carbocycles. The van der Waals surface area contributed by atoms with Crippen molar-refractivity contribution >= 4 is 11.5 Å². The first-order valence-electron chi connectivity index (χ1n) is 16.0. The molecule has 0 bridgehead atoms. The molecule has 0 aliphatic heterocycles. The van der Waals surface area contributed by atoms with Crippen LogP contribution in [-0.4, -0.2) is 36.8 Å². The average molecular weight is 533 g/mol. The highest BCUT2D eigenvalue weighted by Gasteiger charge is 2.65. The lowest BCUT2D eigenvalue weighted by molar-refractivity contribution is -0.172. The summed E-state index contributed by atoms with van der Waals surface area (Å²) in [6.07, 6.45) is 16.3.